The van der Waals surface area contributed by atoms with E-state index in [-0.39, 0.29) is 5.41 Å². The second kappa shape index (κ2) is 12.4. The van der Waals surface area contributed by atoms with Crippen molar-refractivity contribution < 1.29 is 9.53 Å². The van der Waals surface area contributed by atoms with Crippen molar-refractivity contribution in [3.63, 3.8) is 0 Å². The number of ether oxygens (including phenoxy) is 1. The summed E-state index contributed by atoms with van der Waals surface area (Å²) in [6.45, 7) is 9.00. The first-order chi connectivity index (χ1) is 18.7. The van der Waals surface area contributed by atoms with Crippen LogP contribution in [0.5, 0.6) is 5.75 Å². The Kier molecular flexibility index (Phi) is 8.60. The van der Waals surface area contributed by atoms with Crippen molar-refractivity contribution in [2.24, 2.45) is 5.41 Å². The lowest BCUT2D eigenvalue weighted by Gasteiger charge is -2.38. The quantitative estimate of drug-likeness (QED) is 0.214. The minimum Gasteiger partial charge on any atom is -0.493 e. The Morgan fingerprint density at radius 2 is 1.45 bits per heavy atom. The second-order valence-electron chi connectivity index (χ2n) is 10.8. The molecular formula is C34H40N2O2. The summed E-state index contributed by atoms with van der Waals surface area (Å²) in [6.07, 6.45) is 6.72. The molecular weight excluding hydrogens is 468 g/mol. The number of rotatable bonds is 11. The van der Waals surface area contributed by atoms with Gasteiger partial charge in [-0.15, -0.1) is 6.58 Å². The van der Waals surface area contributed by atoms with Gasteiger partial charge in [0.15, 0.2) is 0 Å². The van der Waals surface area contributed by atoms with Gasteiger partial charge < -0.3 is 14.5 Å². The van der Waals surface area contributed by atoms with Crippen LogP contribution in [0, 0.1) is 5.41 Å². The summed E-state index contributed by atoms with van der Waals surface area (Å²) in [5.74, 6) is 1.62. The van der Waals surface area contributed by atoms with Crippen molar-refractivity contribution in [1.29, 1.82) is 0 Å². The van der Waals surface area contributed by atoms with Gasteiger partial charge in [0, 0.05) is 19.0 Å². The van der Waals surface area contributed by atoms with E-state index in [1.807, 2.05) is 18.2 Å². The molecule has 2 heterocycles. The molecule has 0 N–H and O–H groups in total. The number of hydrogen-bond acceptors (Lipinski definition) is 3. The summed E-state index contributed by atoms with van der Waals surface area (Å²) in [6, 6.07) is 29.9. The van der Waals surface area contributed by atoms with Crippen molar-refractivity contribution in [3.8, 4) is 5.75 Å². The molecule has 198 valence electrons. The van der Waals surface area contributed by atoms with E-state index in [1.165, 1.54) is 11.1 Å². The van der Waals surface area contributed by atoms with Crippen LogP contribution in [0.15, 0.2) is 97.6 Å². The van der Waals surface area contributed by atoms with Crippen molar-refractivity contribution in [1.82, 2.24) is 9.80 Å². The molecule has 0 radical (unpaired) electrons. The second-order valence-corrected chi connectivity index (χ2v) is 10.8. The number of carbonyl (C=O) groups is 1. The average Bonchev–Trinajstić information content (AvgIpc) is 3.26. The zero-order valence-corrected chi connectivity index (χ0v) is 22.4. The lowest BCUT2D eigenvalue weighted by molar-refractivity contribution is -0.138. The maximum atomic E-state index is 13.5. The Morgan fingerprint density at radius 1 is 0.842 bits per heavy atom. The van der Waals surface area contributed by atoms with E-state index in [0.717, 1.165) is 69.6 Å². The third-order valence-electron chi connectivity index (χ3n) is 8.44. The third kappa shape index (κ3) is 6.19. The van der Waals surface area contributed by atoms with Crippen LogP contribution in [0.2, 0.25) is 0 Å². The number of piperidine rings is 1. The molecule has 4 heteroatoms. The molecule has 2 saturated heterocycles. The third-order valence-corrected chi connectivity index (χ3v) is 8.44. The van der Waals surface area contributed by atoms with E-state index < -0.39 is 0 Å². The van der Waals surface area contributed by atoms with Gasteiger partial charge in [-0.25, -0.2) is 0 Å². The average molecular weight is 509 g/mol. The minimum atomic E-state index is -0.164. The Bertz CT molecular complexity index is 1130. The van der Waals surface area contributed by atoms with Crippen LogP contribution < -0.4 is 4.74 Å². The number of nitrogens with zero attached hydrogens (tertiary/aromatic N) is 2. The molecule has 0 aromatic heterocycles. The van der Waals surface area contributed by atoms with Gasteiger partial charge in [-0.3, -0.25) is 4.79 Å². The topological polar surface area (TPSA) is 32.8 Å². The van der Waals surface area contributed by atoms with Crippen LogP contribution in [0.4, 0.5) is 0 Å². The Balaban J connectivity index is 1.13. The largest absolute Gasteiger partial charge is 0.493 e. The SMILES string of the molecule is C=CCCOc1ccc(CN2CCC3(CCN(CCC(c4ccccc4)c4ccccc4)CC3)C2=O)cc1. The summed E-state index contributed by atoms with van der Waals surface area (Å²) in [5, 5.41) is 0. The van der Waals surface area contributed by atoms with Crippen LogP contribution in [-0.2, 0) is 11.3 Å². The highest BCUT2D eigenvalue weighted by Crippen LogP contribution is 2.42. The van der Waals surface area contributed by atoms with Gasteiger partial charge in [-0.1, -0.05) is 78.9 Å². The zero-order chi connectivity index (χ0) is 26.2. The molecule has 5 rings (SSSR count). The smallest absolute Gasteiger partial charge is 0.229 e. The van der Waals surface area contributed by atoms with Crippen molar-refractivity contribution in [2.45, 2.75) is 44.6 Å². The Hall–Kier alpha value is -3.37. The molecule has 1 spiro atoms. The number of amides is 1. The predicted molar refractivity (Wildman–Crippen MR) is 154 cm³/mol. The molecule has 0 bridgehead atoms. The normalized spacial score (nSPS) is 17.3. The fourth-order valence-electron chi connectivity index (χ4n) is 6.09. The van der Waals surface area contributed by atoms with E-state index in [4.69, 9.17) is 4.74 Å². The highest BCUT2D eigenvalue weighted by molar-refractivity contribution is 5.85. The van der Waals surface area contributed by atoms with E-state index >= 15 is 0 Å². The molecule has 38 heavy (non-hydrogen) atoms. The molecule has 2 aliphatic rings. The van der Waals surface area contributed by atoms with E-state index in [1.54, 1.807) is 0 Å². The molecule has 3 aromatic carbocycles. The van der Waals surface area contributed by atoms with Crippen molar-refractivity contribution >= 4 is 5.91 Å². The fraction of sp³-hybridized carbons (Fsp3) is 0.382. The number of carbonyl (C=O) groups excluding carboxylic acids is 1. The fourth-order valence-corrected chi connectivity index (χ4v) is 6.09. The van der Waals surface area contributed by atoms with Crippen molar-refractivity contribution in [3.05, 3.63) is 114 Å². The van der Waals surface area contributed by atoms with E-state index in [9.17, 15) is 4.79 Å². The van der Waals surface area contributed by atoms with Gasteiger partial charge in [0.05, 0.1) is 12.0 Å². The summed E-state index contributed by atoms with van der Waals surface area (Å²) in [4.78, 5) is 18.2. The summed E-state index contributed by atoms with van der Waals surface area (Å²) < 4.78 is 5.72. The monoisotopic (exact) mass is 508 g/mol. The van der Waals surface area contributed by atoms with E-state index in [0.29, 0.717) is 25.0 Å². The maximum absolute atomic E-state index is 13.5. The van der Waals surface area contributed by atoms with Gasteiger partial charge in [-0.05, 0) is 80.6 Å². The number of hydrogen-bond donors (Lipinski definition) is 0. The molecule has 2 fully saturated rings. The van der Waals surface area contributed by atoms with Crippen LogP contribution in [0.1, 0.15) is 54.7 Å². The Morgan fingerprint density at radius 3 is 2.05 bits per heavy atom. The first kappa shape index (κ1) is 26.2. The van der Waals surface area contributed by atoms with Crippen molar-refractivity contribution in [2.75, 3.05) is 32.8 Å². The predicted octanol–water partition coefficient (Wildman–Crippen LogP) is 6.68. The maximum Gasteiger partial charge on any atom is 0.229 e. The highest BCUT2D eigenvalue weighted by atomic mass is 16.5. The minimum absolute atomic E-state index is 0.164. The molecule has 2 aliphatic heterocycles. The number of benzene rings is 3. The van der Waals surface area contributed by atoms with Crippen LogP contribution >= 0.6 is 0 Å². The molecule has 3 aromatic rings. The molecule has 0 saturated carbocycles. The van der Waals surface area contributed by atoms with Gasteiger partial charge in [0.1, 0.15) is 5.75 Å². The van der Waals surface area contributed by atoms with Gasteiger partial charge in [0.2, 0.25) is 5.91 Å². The van der Waals surface area contributed by atoms with Gasteiger partial charge in [-0.2, -0.15) is 0 Å². The molecule has 0 aliphatic carbocycles. The van der Waals surface area contributed by atoms with Crippen LogP contribution in [0.25, 0.3) is 0 Å². The molecule has 1 amide bonds. The molecule has 0 atom stereocenters. The van der Waals surface area contributed by atoms with Gasteiger partial charge in [0.25, 0.3) is 0 Å². The summed E-state index contributed by atoms with van der Waals surface area (Å²) >= 11 is 0. The zero-order valence-electron chi connectivity index (χ0n) is 22.4. The lowest BCUT2D eigenvalue weighted by atomic mass is 9.77. The van der Waals surface area contributed by atoms with Crippen LogP contribution in [-0.4, -0.2) is 48.5 Å². The Labute approximate surface area is 227 Å². The standard InChI is InChI=1S/C34H40N2O2/c1-2-3-26-38-31-16-14-28(15-17-31)27-36-25-21-34(33(36)37)19-23-35(24-20-34)22-18-32(29-10-6-4-7-11-29)30-12-8-5-9-13-30/h2,4-17,32H,1,3,18-27H2. The van der Waals surface area contributed by atoms with E-state index in [2.05, 4.69) is 89.2 Å². The summed E-state index contributed by atoms with van der Waals surface area (Å²) in [5.41, 5.74) is 3.76. The first-order valence-electron chi connectivity index (χ1n) is 14.1. The van der Waals surface area contributed by atoms with Gasteiger partial charge >= 0.3 is 0 Å². The lowest BCUT2D eigenvalue weighted by Crippen LogP contribution is -2.45. The highest BCUT2D eigenvalue weighted by Gasteiger charge is 2.47. The molecule has 4 nitrogen and oxygen atoms in total. The number of likely N-dealkylation sites (tertiary alicyclic amines) is 2. The molecule has 0 unspecified atom stereocenters. The van der Waals surface area contributed by atoms with Crippen LogP contribution in [0.3, 0.4) is 0 Å². The first-order valence-corrected chi connectivity index (χ1v) is 14.1. The summed E-state index contributed by atoms with van der Waals surface area (Å²) in [7, 11) is 0.